The van der Waals surface area contributed by atoms with Crippen LogP contribution in [0.25, 0.3) is 0 Å². The monoisotopic (exact) mass is 245 g/mol. The van der Waals surface area contributed by atoms with Gasteiger partial charge in [-0.25, -0.2) is 9.59 Å². The van der Waals surface area contributed by atoms with Crippen LogP contribution in [0.5, 0.6) is 0 Å². The van der Waals surface area contributed by atoms with Gasteiger partial charge in [0.2, 0.25) is 0 Å². The van der Waals surface area contributed by atoms with Crippen LogP contribution in [-0.2, 0) is 14.3 Å². The Hall–Kier alpha value is -1.72. The zero-order valence-electron chi connectivity index (χ0n) is 10.9. The summed E-state index contributed by atoms with van der Waals surface area (Å²) in [4.78, 5) is 27.3. The maximum absolute atomic E-state index is 11.7. The molecule has 1 amide bonds. The smallest absolute Gasteiger partial charge is 0.442 e. The van der Waals surface area contributed by atoms with Gasteiger partial charge in [0.25, 0.3) is 0 Å². The van der Waals surface area contributed by atoms with Crippen molar-refractivity contribution in [1.29, 1.82) is 0 Å². The van der Waals surface area contributed by atoms with Crippen LogP contribution in [0.1, 0.15) is 27.7 Å². The number of hydrogen-bond acceptors (Lipinski definition) is 5. The Balaban J connectivity index is 4.61. The van der Waals surface area contributed by atoms with E-state index in [2.05, 4.69) is 16.2 Å². The minimum absolute atomic E-state index is 0.0456. The Morgan fingerprint density at radius 2 is 1.82 bits per heavy atom. The largest absolute Gasteiger partial charge is 0.533 e. The second kappa shape index (κ2) is 6.12. The van der Waals surface area contributed by atoms with Gasteiger partial charge in [-0.1, -0.05) is 12.2 Å². The molecular formula is C11H19NO5. The highest BCUT2D eigenvalue weighted by atomic mass is 16.8. The Morgan fingerprint density at radius 3 is 2.18 bits per heavy atom. The molecule has 0 aliphatic heterocycles. The second-order valence-corrected chi connectivity index (χ2v) is 4.52. The molecule has 6 heteroatoms. The summed E-state index contributed by atoms with van der Waals surface area (Å²) in [6.07, 6.45) is -1.76. The van der Waals surface area contributed by atoms with Crippen LogP contribution < -0.4 is 0 Å². The highest BCUT2D eigenvalue weighted by Crippen LogP contribution is 2.11. The van der Waals surface area contributed by atoms with E-state index in [1.165, 1.54) is 0 Å². The van der Waals surface area contributed by atoms with Gasteiger partial charge in [-0.2, -0.15) is 0 Å². The number of carbonyl (C=O) groups is 2. The van der Waals surface area contributed by atoms with Gasteiger partial charge in [-0.3, -0.25) is 4.84 Å². The number of hydrogen-bond donors (Lipinski definition) is 0. The van der Waals surface area contributed by atoms with Crippen molar-refractivity contribution in [1.82, 2.24) is 5.06 Å². The molecule has 0 saturated carbocycles. The first-order chi connectivity index (χ1) is 7.65. The van der Waals surface area contributed by atoms with Gasteiger partial charge in [0, 0.05) is 0 Å². The Kier molecular flexibility index (Phi) is 5.50. The summed E-state index contributed by atoms with van der Waals surface area (Å²) in [5, 5.41) is 0.763. The number of ether oxygens (including phenoxy) is 2. The normalized spacial score (nSPS) is 10.4. The standard InChI is InChI=1S/C11H19NO5/c1-8(2)7-12(17-10(14)15-6)9(13)16-11(3,4)5/h1,7H2,2-6H3. The molecule has 17 heavy (non-hydrogen) atoms. The zero-order chi connectivity index (χ0) is 13.6. The van der Waals surface area contributed by atoms with E-state index in [9.17, 15) is 9.59 Å². The molecular weight excluding hydrogens is 226 g/mol. The van der Waals surface area contributed by atoms with Crippen LogP contribution >= 0.6 is 0 Å². The molecule has 98 valence electrons. The van der Waals surface area contributed by atoms with E-state index in [0.717, 1.165) is 12.2 Å². The molecule has 0 spiro atoms. The molecule has 0 unspecified atom stereocenters. The van der Waals surface area contributed by atoms with Gasteiger partial charge in [-0.05, 0) is 27.7 Å². The van der Waals surface area contributed by atoms with Gasteiger partial charge in [0.05, 0.1) is 13.7 Å². The number of carbonyl (C=O) groups excluding carboxylic acids is 2. The van der Waals surface area contributed by atoms with Crippen LogP contribution in [0.2, 0.25) is 0 Å². The summed E-state index contributed by atoms with van der Waals surface area (Å²) in [6.45, 7) is 10.5. The van der Waals surface area contributed by atoms with Crippen molar-refractivity contribution < 1.29 is 23.9 Å². The van der Waals surface area contributed by atoms with Gasteiger partial charge < -0.3 is 9.47 Å². The van der Waals surface area contributed by atoms with Crippen LogP contribution in [0, 0.1) is 0 Å². The molecule has 0 aromatic carbocycles. The van der Waals surface area contributed by atoms with E-state index < -0.39 is 17.8 Å². The van der Waals surface area contributed by atoms with E-state index in [1.54, 1.807) is 27.7 Å². The molecule has 0 radical (unpaired) electrons. The second-order valence-electron chi connectivity index (χ2n) is 4.52. The Labute approximate surface area is 101 Å². The lowest BCUT2D eigenvalue weighted by Crippen LogP contribution is -2.39. The summed E-state index contributed by atoms with van der Waals surface area (Å²) >= 11 is 0. The maximum atomic E-state index is 11.7. The number of amides is 1. The molecule has 6 nitrogen and oxygen atoms in total. The van der Waals surface area contributed by atoms with Gasteiger partial charge >= 0.3 is 12.2 Å². The lowest BCUT2D eigenvalue weighted by molar-refractivity contribution is -0.114. The number of nitrogens with zero attached hydrogens (tertiary/aromatic N) is 1. The van der Waals surface area contributed by atoms with Crippen molar-refractivity contribution in [2.45, 2.75) is 33.3 Å². The van der Waals surface area contributed by atoms with Crippen molar-refractivity contribution in [3.05, 3.63) is 12.2 Å². The van der Waals surface area contributed by atoms with E-state index in [1.807, 2.05) is 0 Å². The fraction of sp³-hybridized carbons (Fsp3) is 0.636. The maximum Gasteiger partial charge on any atom is 0.533 e. The van der Waals surface area contributed by atoms with Crippen molar-refractivity contribution >= 4 is 12.2 Å². The average Bonchev–Trinajstić information content (AvgIpc) is 2.13. The fourth-order valence-electron chi connectivity index (χ4n) is 0.819. The zero-order valence-corrected chi connectivity index (χ0v) is 10.9. The third-order valence-corrected chi connectivity index (χ3v) is 1.36. The average molecular weight is 245 g/mol. The SMILES string of the molecule is C=C(C)CN(OC(=O)OC)C(=O)OC(C)(C)C. The molecule has 0 bridgehead atoms. The van der Waals surface area contributed by atoms with E-state index >= 15 is 0 Å². The Bertz CT molecular complexity index is 305. The molecule has 0 heterocycles. The Morgan fingerprint density at radius 1 is 1.29 bits per heavy atom. The van der Waals surface area contributed by atoms with Crippen molar-refractivity contribution in [2.24, 2.45) is 0 Å². The molecule has 0 saturated heterocycles. The van der Waals surface area contributed by atoms with Crippen LogP contribution in [-0.4, -0.2) is 36.6 Å². The minimum atomic E-state index is -0.989. The lowest BCUT2D eigenvalue weighted by atomic mass is 10.2. The molecule has 0 fully saturated rings. The first kappa shape index (κ1) is 15.3. The van der Waals surface area contributed by atoms with Crippen LogP contribution in [0.15, 0.2) is 12.2 Å². The van der Waals surface area contributed by atoms with E-state index in [-0.39, 0.29) is 6.54 Å². The predicted molar refractivity (Wildman–Crippen MR) is 61.2 cm³/mol. The molecule has 0 aromatic rings. The van der Waals surface area contributed by atoms with Gasteiger partial charge in [0.15, 0.2) is 0 Å². The highest BCUT2D eigenvalue weighted by Gasteiger charge is 2.25. The number of hydroxylamine groups is 2. The van der Waals surface area contributed by atoms with E-state index in [4.69, 9.17) is 4.74 Å². The number of rotatable bonds is 2. The molecule has 0 atom stereocenters. The summed E-state index contributed by atoms with van der Waals surface area (Å²) in [5.41, 5.74) is -0.0380. The van der Waals surface area contributed by atoms with Crippen molar-refractivity contribution in [3.8, 4) is 0 Å². The summed E-state index contributed by atoms with van der Waals surface area (Å²) in [6, 6.07) is 0. The first-order valence-corrected chi connectivity index (χ1v) is 5.06. The molecule has 0 aliphatic rings. The molecule has 0 aliphatic carbocycles. The summed E-state index contributed by atoms with van der Waals surface area (Å²) in [7, 11) is 1.15. The highest BCUT2D eigenvalue weighted by molar-refractivity contribution is 5.70. The fourth-order valence-corrected chi connectivity index (χ4v) is 0.819. The van der Waals surface area contributed by atoms with E-state index in [0.29, 0.717) is 5.57 Å². The minimum Gasteiger partial charge on any atom is -0.442 e. The van der Waals surface area contributed by atoms with Crippen molar-refractivity contribution in [2.75, 3.05) is 13.7 Å². The first-order valence-electron chi connectivity index (χ1n) is 5.06. The van der Waals surface area contributed by atoms with Crippen molar-refractivity contribution in [3.63, 3.8) is 0 Å². The van der Waals surface area contributed by atoms with Gasteiger partial charge in [-0.15, -0.1) is 5.06 Å². The summed E-state index contributed by atoms with van der Waals surface area (Å²) in [5.74, 6) is 0. The predicted octanol–water partition coefficient (Wildman–Crippen LogP) is 2.50. The summed E-state index contributed by atoms with van der Waals surface area (Å²) < 4.78 is 9.36. The lowest BCUT2D eigenvalue weighted by Gasteiger charge is -2.25. The number of methoxy groups -OCH3 is 1. The topological polar surface area (TPSA) is 65.1 Å². The van der Waals surface area contributed by atoms with Gasteiger partial charge in [0.1, 0.15) is 5.60 Å². The quantitative estimate of drug-likeness (QED) is 0.425. The van der Waals surface area contributed by atoms with Crippen LogP contribution in [0.3, 0.4) is 0 Å². The third kappa shape index (κ3) is 7.21. The molecule has 0 aromatic heterocycles. The third-order valence-electron chi connectivity index (χ3n) is 1.36. The van der Waals surface area contributed by atoms with Crippen LogP contribution in [0.4, 0.5) is 9.59 Å². The molecule has 0 N–H and O–H groups in total. The molecule has 0 rings (SSSR count).